The molecule has 0 spiro atoms. The van der Waals surface area contributed by atoms with Crippen LogP contribution in [0.15, 0.2) is 47.2 Å². The van der Waals surface area contributed by atoms with Crippen LogP contribution < -0.4 is 0 Å². The summed E-state index contributed by atoms with van der Waals surface area (Å²) in [7, 11) is 0. The van der Waals surface area contributed by atoms with Crippen LogP contribution in [0, 0.1) is 0 Å². The molecule has 0 saturated heterocycles. The topological polar surface area (TPSA) is 57.5 Å². The number of carbonyl (C=O) groups excluding carboxylic acids is 2. The van der Waals surface area contributed by atoms with Gasteiger partial charge in [-0.05, 0) is 50.6 Å². The second kappa shape index (κ2) is 7.66. The summed E-state index contributed by atoms with van der Waals surface area (Å²) in [5, 5.41) is 0. The number of hydrogen-bond donors (Lipinski definition) is 0. The summed E-state index contributed by atoms with van der Waals surface area (Å²) in [5.74, 6) is -1.25. The fourth-order valence-corrected chi connectivity index (χ4v) is 3.19. The van der Waals surface area contributed by atoms with E-state index in [-0.39, 0.29) is 13.2 Å². The lowest BCUT2D eigenvalue weighted by molar-refractivity contribution is -0.163. The third kappa shape index (κ3) is 3.38. The summed E-state index contributed by atoms with van der Waals surface area (Å²) in [6.45, 7) is 5.31. The Hall–Kier alpha value is -2.08. The Labute approximate surface area is 149 Å². The lowest BCUT2D eigenvalue weighted by atomic mass is 9.82. The van der Waals surface area contributed by atoms with Gasteiger partial charge in [-0.25, -0.2) is 0 Å². The van der Waals surface area contributed by atoms with E-state index in [1.54, 1.807) is 19.9 Å². The van der Waals surface area contributed by atoms with E-state index in [9.17, 15) is 9.59 Å². The Morgan fingerprint density at radius 3 is 2.08 bits per heavy atom. The van der Waals surface area contributed by atoms with Crippen molar-refractivity contribution in [3.63, 3.8) is 0 Å². The molecule has 1 aromatic heterocycles. The van der Waals surface area contributed by atoms with Gasteiger partial charge in [0.05, 0.1) is 13.2 Å². The van der Waals surface area contributed by atoms with Gasteiger partial charge in [0.2, 0.25) is 0 Å². The predicted octanol–water partition coefficient (Wildman–Crippen LogP) is 3.62. The number of hydrogen-bond acceptors (Lipinski definition) is 4. The Morgan fingerprint density at radius 1 is 1.08 bits per heavy atom. The first-order chi connectivity index (χ1) is 11.4. The molecule has 6 heteroatoms. The molecule has 0 bridgehead atoms. The molecule has 0 unspecified atom stereocenters. The monoisotopic (exact) mass is 393 g/mol. The molecule has 0 aliphatic heterocycles. The van der Waals surface area contributed by atoms with Crippen molar-refractivity contribution in [2.75, 3.05) is 13.2 Å². The van der Waals surface area contributed by atoms with Crippen molar-refractivity contribution in [3.05, 3.63) is 52.8 Å². The summed E-state index contributed by atoms with van der Waals surface area (Å²) in [4.78, 5) is 25.0. The normalized spacial score (nSPS) is 11.2. The number of halogens is 1. The van der Waals surface area contributed by atoms with Crippen LogP contribution in [-0.2, 0) is 24.5 Å². The molecule has 0 amide bonds. The molecule has 0 aliphatic rings. The SMILES string of the molecule is CCOC(=O)C(C)(C(=O)OCC)c1ccc(-n2cccc2)cc1Br. The van der Waals surface area contributed by atoms with Gasteiger partial charge >= 0.3 is 11.9 Å². The maximum Gasteiger partial charge on any atom is 0.327 e. The number of esters is 2. The van der Waals surface area contributed by atoms with Gasteiger partial charge in [0.25, 0.3) is 0 Å². The molecule has 0 atom stereocenters. The highest BCUT2D eigenvalue weighted by molar-refractivity contribution is 9.10. The highest BCUT2D eigenvalue weighted by atomic mass is 79.9. The zero-order chi connectivity index (χ0) is 17.7. The maximum atomic E-state index is 12.5. The van der Waals surface area contributed by atoms with Crippen LogP contribution in [0.3, 0.4) is 0 Å². The van der Waals surface area contributed by atoms with Gasteiger partial charge in [-0.3, -0.25) is 9.59 Å². The summed E-state index contributed by atoms with van der Waals surface area (Å²) in [6.07, 6.45) is 3.83. The number of rotatable bonds is 6. The van der Waals surface area contributed by atoms with Gasteiger partial charge in [0.15, 0.2) is 5.41 Å². The van der Waals surface area contributed by atoms with E-state index in [1.165, 1.54) is 6.92 Å². The lowest BCUT2D eigenvalue weighted by Gasteiger charge is -2.26. The zero-order valence-corrected chi connectivity index (χ0v) is 15.5. The molecule has 0 N–H and O–H groups in total. The van der Waals surface area contributed by atoms with Crippen LogP contribution in [0.2, 0.25) is 0 Å². The van der Waals surface area contributed by atoms with Crippen molar-refractivity contribution in [2.45, 2.75) is 26.2 Å². The highest BCUT2D eigenvalue weighted by Crippen LogP contribution is 2.34. The van der Waals surface area contributed by atoms with Gasteiger partial charge < -0.3 is 14.0 Å². The molecular weight excluding hydrogens is 374 g/mol. The summed E-state index contributed by atoms with van der Waals surface area (Å²) in [6, 6.07) is 9.28. The molecule has 0 saturated carbocycles. The largest absolute Gasteiger partial charge is 0.465 e. The highest BCUT2D eigenvalue weighted by Gasteiger charge is 2.47. The Bertz CT molecular complexity index is 707. The molecule has 5 nitrogen and oxygen atoms in total. The van der Waals surface area contributed by atoms with Gasteiger partial charge in [0, 0.05) is 22.6 Å². The van der Waals surface area contributed by atoms with E-state index in [0.29, 0.717) is 10.0 Å². The molecule has 1 aromatic carbocycles. The smallest absolute Gasteiger partial charge is 0.327 e. The molecule has 0 aliphatic carbocycles. The minimum absolute atomic E-state index is 0.187. The zero-order valence-electron chi connectivity index (χ0n) is 13.9. The van der Waals surface area contributed by atoms with Crippen molar-refractivity contribution in [1.29, 1.82) is 0 Å². The van der Waals surface area contributed by atoms with Crippen molar-refractivity contribution < 1.29 is 19.1 Å². The number of ether oxygens (including phenoxy) is 2. The quantitative estimate of drug-likeness (QED) is 0.555. The van der Waals surface area contributed by atoms with Crippen molar-refractivity contribution in [3.8, 4) is 5.69 Å². The number of carbonyl (C=O) groups is 2. The fourth-order valence-electron chi connectivity index (χ4n) is 2.43. The third-order valence-electron chi connectivity index (χ3n) is 3.76. The van der Waals surface area contributed by atoms with Crippen LogP contribution in [0.4, 0.5) is 0 Å². The Kier molecular flexibility index (Phi) is 5.83. The first-order valence-electron chi connectivity index (χ1n) is 7.73. The molecule has 2 rings (SSSR count). The minimum atomic E-state index is -1.53. The summed E-state index contributed by atoms with van der Waals surface area (Å²) < 4.78 is 12.8. The standard InChI is InChI=1S/C18H20BrNO4/c1-4-23-16(21)18(3,17(22)24-5-2)14-9-8-13(12-15(14)19)20-10-6-7-11-20/h6-12H,4-5H2,1-3H3. The molecule has 2 aromatic rings. The van der Waals surface area contributed by atoms with Crippen LogP contribution >= 0.6 is 15.9 Å². The van der Waals surface area contributed by atoms with Crippen molar-refractivity contribution >= 4 is 27.9 Å². The first-order valence-corrected chi connectivity index (χ1v) is 8.52. The number of aromatic nitrogens is 1. The fraction of sp³-hybridized carbons (Fsp3) is 0.333. The van der Waals surface area contributed by atoms with E-state index in [2.05, 4.69) is 15.9 Å². The Morgan fingerprint density at radius 2 is 1.62 bits per heavy atom. The van der Waals surface area contributed by atoms with Crippen molar-refractivity contribution in [2.24, 2.45) is 0 Å². The van der Waals surface area contributed by atoms with Crippen molar-refractivity contribution in [1.82, 2.24) is 4.57 Å². The van der Waals surface area contributed by atoms with Crippen LogP contribution in [-0.4, -0.2) is 29.7 Å². The first kappa shape index (κ1) is 18.3. The minimum Gasteiger partial charge on any atom is -0.465 e. The van der Waals surface area contributed by atoms with Gasteiger partial charge in [-0.15, -0.1) is 0 Å². The van der Waals surface area contributed by atoms with E-state index < -0.39 is 17.4 Å². The summed E-state index contributed by atoms with van der Waals surface area (Å²) >= 11 is 3.48. The van der Waals surface area contributed by atoms with Crippen LogP contribution in [0.5, 0.6) is 0 Å². The molecular formula is C18H20BrNO4. The second-order valence-electron chi connectivity index (χ2n) is 5.32. The van der Waals surface area contributed by atoms with Crippen LogP contribution in [0.1, 0.15) is 26.3 Å². The van der Waals surface area contributed by atoms with Crippen LogP contribution in [0.25, 0.3) is 5.69 Å². The van der Waals surface area contributed by atoms with E-state index in [1.807, 2.05) is 41.2 Å². The maximum absolute atomic E-state index is 12.5. The average Bonchev–Trinajstić information content (AvgIpc) is 3.09. The van der Waals surface area contributed by atoms with Gasteiger partial charge in [0.1, 0.15) is 0 Å². The lowest BCUT2D eigenvalue weighted by Crippen LogP contribution is -2.44. The molecule has 0 radical (unpaired) electrons. The predicted molar refractivity (Wildman–Crippen MR) is 94.1 cm³/mol. The van der Waals surface area contributed by atoms with Gasteiger partial charge in [-0.1, -0.05) is 22.0 Å². The number of nitrogens with zero attached hydrogens (tertiary/aromatic N) is 1. The molecule has 128 valence electrons. The molecule has 0 fully saturated rings. The second-order valence-corrected chi connectivity index (χ2v) is 6.17. The van der Waals surface area contributed by atoms with Gasteiger partial charge in [-0.2, -0.15) is 0 Å². The van der Waals surface area contributed by atoms with E-state index >= 15 is 0 Å². The number of benzene rings is 1. The molecule has 24 heavy (non-hydrogen) atoms. The molecule has 1 heterocycles. The van der Waals surface area contributed by atoms with E-state index in [4.69, 9.17) is 9.47 Å². The third-order valence-corrected chi connectivity index (χ3v) is 4.42. The summed E-state index contributed by atoms with van der Waals surface area (Å²) in [5.41, 5.74) is -0.110. The average molecular weight is 394 g/mol. The Balaban J connectivity index is 2.50. The van der Waals surface area contributed by atoms with E-state index in [0.717, 1.165) is 5.69 Å².